The summed E-state index contributed by atoms with van der Waals surface area (Å²) in [6.07, 6.45) is 1.45. The SMILES string of the molecule is C=CCNS(=O)(=O)Cc1ccc(NC(=O)CNS(=O)(=O)c2cccs2)cc1. The molecule has 1 aromatic heterocycles. The van der Waals surface area contributed by atoms with Crippen LogP contribution in [0.15, 0.2) is 58.6 Å². The third kappa shape index (κ3) is 6.88. The molecule has 146 valence electrons. The molecule has 0 atom stereocenters. The first-order chi connectivity index (χ1) is 12.7. The van der Waals surface area contributed by atoms with Gasteiger partial charge in [-0.1, -0.05) is 24.3 Å². The molecular formula is C16H19N3O5S3. The van der Waals surface area contributed by atoms with Gasteiger partial charge in [0.2, 0.25) is 15.9 Å². The Balaban J connectivity index is 1.88. The van der Waals surface area contributed by atoms with Gasteiger partial charge in [-0.05, 0) is 29.1 Å². The zero-order valence-corrected chi connectivity index (χ0v) is 16.7. The Morgan fingerprint density at radius 2 is 1.78 bits per heavy atom. The third-order valence-electron chi connectivity index (χ3n) is 3.22. The van der Waals surface area contributed by atoms with Crippen molar-refractivity contribution < 1.29 is 21.6 Å². The molecule has 3 N–H and O–H groups in total. The summed E-state index contributed by atoms with van der Waals surface area (Å²) in [6, 6.07) is 9.28. The Hall–Kier alpha value is -2.05. The molecule has 2 aromatic rings. The van der Waals surface area contributed by atoms with Crippen LogP contribution in [0.2, 0.25) is 0 Å². The highest BCUT2D eigenvalue weighted by Gasteiger charge is 2.16. The van der Waals surface area contributed by atoms with E-state index in [1.807, 2.05) is 0 Å². The molecular weight excluding hydrogens is 410 g/mol. The first-order valence-corrected chi connectivity index (χ1v) is 11.7. The summed E-state index contributed by atoms with van der Waals surface area (Å²) in [5, 5.41) is 4.17. The lowest BCUT2D eigenvalue weighted by Crippen LogP contribution is -2.32. The number of nitrogens with one attached hydrogen (secondary N) is 3. The van der Waals surface area contributed by atoms with Gasteiger partial charge >= 0.3 is 0 Å². The second-order valence-electron chi connectivity index (χ2n) is 5.40. The molecule has 0 saturated carbocycles. The number of carbonyl (C=O) groups excluding carboxylic acids is 1. The summed E-state index contributed by atoms with van der Waals surface area (Å²) in [6.45, 7) is 3.18. The lowest BCUT2D eigenvalue weighted by molar-refractivity contribution is -0.115. The van der Waals surface area contributed by atoms with Crippen molar-refractivity contribution in [2.24, 2.45) is 0 Å². The van der Waals surface area contributed by atoms with E-state index in [4.69, 9.17) is 0 Å². The Bertz CT molecular complexity index is 982. The molecule has 1 heterocycles. The van der Waals surface area contributed by atoms with Gasteiger partial charge in [-0.2, -0.15) is 0 Å². The zero-order chi connectivity index (χ0) is 19.9. The predicted octanol–water partition coefficient (Wildman–Crippen LogP) is 1.27. The largest absolute Gasteiger partial charge is 0.325 e. The Morgan fingerprint density at radius 1 is 1.07 bits per heavy atom. The Kier molecular flexibility index (Phi) is 7.27. The Labute approximate surface area is 162 Å². The minimum atomic E-state index is -3.71. The molecule has 1 aromatic carbocycles. The van der Waals surface area contributed by atoms with Crippen molar-refractivity contribution in [1.29, 1.82) is 0 Å². The number of sulfonamides is 2. The van der Waals surface area contributed by atoms with Crippen LogP contribution in [0, 0.1) is 0 Å². The second-order valence-corrected chi connectivity index (χ2v) is 10.1. The monoisotopic (exact) mass is 429 g/mol. The number of hydrogen-bond donors (Lipinski definition) is 3. The molecule has 11 heteroatoms. The molecule has 8 nitrogen and oxygen atoms in total. The molecule has 0 fully saturated rings. The van der Waals surface area contributed by atoms with Gasteiger partial charge in [-0.3, -0.25) is 4.79 Å². The van der Waals surface area contributed by atoms with E-state index in [9.17, 15) is 21.6 Å². The van der Waals surface area contributed by atoms with Crippen LogP contribution < -0.4 is 14.8 Å². The maximum atomic E-state index is 12.0. The van der Waals surface area contributed by atoms with Crippen LogP contribution >= 0.6 is 11.3 Å². The van der Waals surface area contributed by atoms with E-state index in [-0.39, 0.29) is 16.5 Å². The van der Waals surface area contributed by atoms with Gasteiger partial charge in [0.15, 0.2) is 0 Å². The molecule has 0 aliphatic rings. The normalized spacial score (nSPS) is 11.9. The van der Waals surface area contributed by atoms with Crippen molar-refractivity contribution in [3.63, 3.8) is 0 Å². The number of hydrogen-bond acceptors (Lipinski definition) is 6. The lowest BCUT2D eigenvalue weighted by atomic mass is 10.2. The number of benzene rings is 1. The van der Waals surface area contributed by atoms with Gasteiger partial charge in [-0.25, -0.2) is 26.3 Å². The van der Waals surface area contributed by atoms with Gasteiger partial charge in [-0.15, -0.1) is 17.9 Å². The van der Waals surface area contributed by atoms with Crippen molar-refractivity contribution in [1.82, 2.24) is 9.44 Å². The summed E-state index contributed by atoms with van der Waals surface area (Å²) < 4.78 is 52.2. The van der Waals surface area contributed by atoms with Crippen molar-refractivity contribution in [2.45, 2.75) is 9.96 Å². The second kappa shape index (κ2) is 9.24. The van der Waals surface area contributed by atoms with E-state index in [1.54, 1.807) is 35.7 Å². The fourth-order valence-electron chi connectivity index (χ4n) is 1.99. The maximum absolute atomic E-state index is 12.0. The average molecular weight is 430 g/mol. The highest BCUT2D eigenvalue weighted by atomic mass is 32.2. The van der Waals surface area contributed by atoms with Gasteiger partial charge < -0.3 is 5.32 Å². The highest BCUT2D eigenvalue weighted by molar-refractivity contribution is 7.91. The zero-order valence-electron chi connectivity index (χ0n) is 14.2. The third-order valence-corrected chi connectivity index (χ3v) is 7.34. The van der Waals surface area contributed by atoms with Crippen LogP contribution in [0.3, 0.4) is 0 Å². The van der Waals surface area contributed by atoms with E-state index in [0.717, 1.165) is 11.3 Å². The number of amides is 1. The molecule has 1 amide bonds. The molecule has 0 bridgehead atoms. The molecule has 0 aliphatic carbocycles. The van der Waals surface area contributed by atoms with Crippen molar-refractivity contribution in [3.8, 4) is 0 Å². The summed E-state index contributed by atoms with van der Waals surface area (Å²) >= 11 is 1.05. The number of thiophene rings is 1. The molecule has 0 radical (unpaired) electrons. The highest BCUT2D eigenvalue weighted by Crippen LogP contribution is 2.15. The molecule has 0 saturated heterocycles. The van der Waals surface area contributed by atoms with Crippen LogP contribution in [0.1, 0.15) is 5.56 Å². The van der Waals surface area contributed by atoms with Crippen LogP contribution in [-0.4, -0.2) is 35.8 Å². The molecule has 27 heavy (non-hydrogen) atoms. The van der Waals surface area contributed by atoms with Crippen LogP contribution in [0.25, 0.3) is 0 Å². The van der Waals surface area contributed by atoms with Crippen molar-refractivity contribution in [3.05, 3.63) is 60.0 Å². The first-order valence-electron chi connectivity index (χ1n) is 7.72. The summed E-state index contributed by atoms with van der Waals surface area (Å²) in [5.41, 5.74) is 0.971. The summed E-state index contributed by atoms with van der Waals surface area (Å²) in [7, 11) is -7.18. The standard InChI is InChI=1S/C16H19N3O5S3/c1-2-9-17-26(21,22)12-13-5-7-14(8-6-13)19-15(20)11-18-27(23,24)16-4-3-10-25-16/h2-8,10,17-18H,1,9,11-12H2,(H,19,20). The van der Waals surface area contributed by atoms with Crippen LogP contribution in [0.5, 0.6) is 0 Å². The smallest absolute Gasteiger partial charge is 0.250 e. The van der Waals surface area contributed by atoms with Gasteiger partial charge in [0.1, 0.15) is 4.21 Å². The molecule has 0 aliphatic heterocycles. The quantitative estimate of drug-likeness (QED) is 0.491. The molecule has 0 spiro atoms. The minimum absolute atomic E-state index is 0.130. The number of rotatable bonds is 10. The van der Waals surface area contributed by atoms with Gasteiger partial charge in [0.05, 0.1) is 12.3 Å². The molecule has 2 rings (SSSR count). The van der Waals surface area contributed by atoms with Crippen LogP contribution in [-0.2, 0) is 30.6 Å². The van der Waals surface area contributed by atoms with E-state index >= 15 is 0 Å². The molecule has 0 unspecified atom stereocenters. The summed E-state index contributed by atoms with van der Waals surface area (Å²) in [5.74, 6) is -0.737. The summed E-state index contributed by atoms with van der Waals surface area (Å²) in [4.78, 5) is 11.9. The van der Waals surface area contributed by atoms with E-state index in [1.165, 1.54) is 12.1 Å². The first kappa shape index (κ1) is 21.3. The van der Waals surface area contributed by atoms with Crippen molar-refractivity contribution in [2.75, 3.05) is 18.4 Å². The fourth-order valence-corrected chi connectivity index (χ4v) is 5.12. The van der Waals surface area contributed by atoms with E-state index < -0.39 is 32.5 Å². The average Bonchev–Trinajstić information content (AvgIpc) is 3.15. The lowest BCUT2D eigenvalue weighted by Gasteiger charge is -2.08. The van der Waals surface area contributed by atoms with Crippen molar-refractivity contribution >= 4 is 43.0 Å². The van der Waals surface area contributed by atoms with Crippen LogP contribution in [0.4, 0.5) is 5.69 Å². The number of carbonyl (C=O) groups is 1. The Morgan fingerprint density at radius 3 is 2.37 bits per heavy atom. The van der Waals surface area contributed by atoms with Gasteiger partial charge in [0.25, 0.3) is 10.0 Å². The topological polar surface area (TPSA) is 121 Å². The van der Waals surface area contributed by atoms with Gasteiger partial charge in [0, 0.05) is 12.2 Å². The van der Waals surface area contributed by atoms with E-state index in [2.05, 4.69) is 21.3 Å². The fraction of sp³-hybridized carbons (Fsp3) is 0.188. The minimum Gasteiger partial charge on any atom is -0.325 e. The number of anilines is 1. The van der Waals surface area contributed by atoms with E-state index in [0.29, 0.717) is 11.3 Å². The maximum Gasteiger partial charge on any atom is 0.250 e. The predicted molar refractivity (Wildman–Crippen MR) is 105 cm³/mol.